The molecule has 0 spiro atoms. The molecule has 0 heterocycles. The van der Waals surface area contributed by atoms with Crippen molar-refractivity contribution >= 4 is 63.7 Å². The molecule has 0 saturated carbocycles. The molecule has 0 bridgehead atoms. The van der Waals surface area contributed by atoms with Crippen LogP contribution >= 0.6 is 63.7 Å². The van der Waals surface area contributed by atoms with Crippen molar-refractivity contribution in [2.75, 3.05) is 0 Å². The van der Waals surface area contributed by atoms with E-state index in [-0.39, 0.29) is 29.8 Å². The average molecular weight is 715 g/mol. The first-order valence-corrected chi connectivity index (χ1v) is 13.1. The van der Waals surface area contributed by atoms with Crippen molar-refractivity contribution in [2.24, 2.45) is 17.2 Å². The number of benzene rings is 3. The van der Waals surface area contributed by atoms with Crippen molar-refractivity contribution in [3.63, 3.8) is 0 Å². The maximum absolute atomic E-state index is 12.5. The molecular weight excluding hydrogens is 688 g/mol. The summed E-state index contributed by atoms with van der Waals surface area (Å²) in [5, 5.41) is 0. The molecule has 0 aliphatic rings. The van der Waals surface area contributed by atoms with Crippen LogP contribution in [0.15, 0.2) is 72.5 Å². The maximum Gasteiger partial charge on any atom is 0.124 e. The van der Waals surface area contributed by atoms with Crippen molar-refractivity contribution < 1.29 is 8.78 Å². The Morgan fingerprint density at radius 3 is 1.27 bits per heavy atom. The third kappa shape index (κ3) is 10.6. The molecule has 0 aromatic heterocycles. The van der Waals surface area contributed by atoms with E-state index in [1.807, 2.05) is 39.0 Å². The maximum atomic E-state index is 12.5. The van der Waals surface area contributed by atoms with Crippen molar-refractivity contribution in [1.82, 2.24) is 0 Å². The fraction of sp³-hybridized carbons (Fsp3) is 0.250. The quantitative estimate of drug-likeness (QED) is 0.255. The van der Waals surface area contributed by atoms with Crippen LogP contribution in [0.4, 0.5) is 8.78 Å². The molecule has 3 aromatic rings. The summed E-state index contributed by atoms with van der Waals surface area (Å²) < 4.78 is 28.6. The molecule has 0 saturated heterocycles. The second-order valence-corrected chi connectivity index (χ2v) is 10.8. The first-order valence-electron chi connectivity index (χ1n) is 9.95. The molecule has 0 aliphatic carbocycles. The number of nitrogens with two attached hydrogens (primary N) is 3. The zero-order valence-corrected chi connectivity index (χ0v) is 24.8. The molecule has 6 N–H and O–H groups in total. The second-order valence-electron chi connectivity index (χ2n) is 7.37. The van der Waals surface area contributed by atoms with Gasteiger partial charge in [0, 0.05) is 36.0 Å². The Morgan fingerprint density at radius 2 is 0.970 bits per heavy atom. The predicted octanol–water partition coefficient (Wildman–Crippen LogP) is 8.45. The average Bonchev–Trinajstić information content (AvgIpc) is 2.70. The SMILES string of the molecule is CC(N)c1ccc(Br)c(Br)c1.CC(N)c1ccc(F)cc1Br.CC(N)c1ccc(F)cc1Br. The first-order chi connectivity index (χ1) is 15.3. The number of hydrogen-bond acceptors (Lipinski definition) is 3. The van der Waals surface area contributed by atoms with Crippen LogP contribution in [0.3, 0.4) is 0 Å². The van der Waals surface area contributed by atoms with Crippen LogP contribution in [-0.2, 0) is 0 Å². The minimum Gasteiger partial charge on any atom is -0.324 e. The van der Waals surface area contributed by atoms with E-state index in [0.29, 0.717) is 0 Å². The molecular formula is C24H27Br4F2N3. The predicted molar refractivity (Wildman–Crippen MR) is 148 cm³/mol. The zero-order chi connectivity index (χ0) is 25.3. The fourth-order valence-electron chi connectivity index (χ4n) is 2.54. The van der Waals surface area contributed by atoms with E-state index in [9.17, 15) is 8.78 Å². The van der Waals surface area contributed by atoms with Gasteiger partial charge in [-0.05, 0) is 106 Å². The number of rotatable bonds is 3. The highest BCUT2D eigenvalue weighted by Gasteiger charge is 2.05. The third-order valence-corrected chi connectivity index (χ3v) is 7.63. The van der Waals surface area contributed by atoms with Crippen LogP contribution in [-0.4, -0.2) is 0 Å². The highest BCUT2D eigenvalue weighted by molar-refractivity contribution is 9.13. The van der Waals surface area contributed by atoms with Crippen LogP contribution < -0.4 is 17.2 Å². The summed E-state index contributed by atoms with van der Waals surface area (Å²) in [5.74, 6) is -0.498. The second kappa shape index (κ2) is 14.7. The fourth-order valence-corrected chi connectivity index (χ4v) is 4.60. The van der Waals surface area contributed by atoms with E-state index in [1.54, 1.807) is 12.1 Å². The van der Waals surface area contributed by atoms with Gasteiger partial charge in [0.25, 0.3) is 0 Å². The normalized spacial score (nSPS) is 13.1. The Labute approximate surface area is 228 Å². The summed E-state index contributed by atoms with van der Waals surface area (Å²) in [5.41, 5.74) is 19.9. The molecule has 9 heteroatoms. The lowest BCUT2D eigenvalue weighted by Gasteiger charge is -2.07. The number of halogens is 6. The summed E-state index contributed by atoms with van der Waals surface area (Å²) in [4.78, 5) is 0. The molecule has 33 heavy (non-hydrogen) atoms. The summed E-state index contributed by atoms with van der Waals surface area (Å²) >= 11 is 13.3. The molecule has 3 unspecified atom stereocenters. The summed E-state index contributed by atoms with van der Waals surface area (Å²) in [6.07, 6.45) is 0. The Morgan fingerprint density at radius 1 is 0.545 bits per heavy atom. The minimum absolute atomic E-state index is 0.0648. The van der Waals surface area contributed by atoms with Gasteiger partial charge < -0.3 is 17.2 Å². The van der Waals surface area contributed by atoms with Gasteiger partial charge in [-0.1, -0.05) is 50.1 Å². The van der Waals surface area contributed by atoms with Crippen LogP contribution in [0, 0.1) is 11.6 Å². The summed E-state index contributed by atoms with van der Waals surface area (Å²) in [6.45, 7) is 5.69. The third-order valence-electron chi connectivity index (χ3n) is 4.38. The Balaban J connectivity index is 0.000000247. The van der Waals surface area contributed by atoms with E-state index < -0.39 is 0 Å². The van der Waals surface area contributed by atoms with Crippen molar-refractivity contribution in [2.45, 2.75) is 38.9 Å². The van der Waals surface area contributed by atoms with Gasteiger partial charge in [0.1, 0.15) is 11.6 Å². The zero-order valence-electron chi connectivity index (χ0n) is 18.4. The van der Waals surface area contributed by atoms with E-state index in [4.69, 9.17) is 17.2 Å². The number of hydrogen-bond donors (Lipinski definition) is 3. The summed E-state index contributed by atoms with van der Waals surface area (Å²) in [7, 11) is 0. The molecule has 3 atom stereocenters. The molecule has 3 aromatic carbocycles. The molecule has 0 amide bonds. The smallest absolute Gasteiger partial charge is 0.124 e. The molecule has 3 rings (SSSR count). The van der Waals surface area contributed by atoms with Crippen LogP contribution in [0.1, 0.15) is 55.6 Å². The lowest BCUT2D eigenvalue weighted by atomic mass is 10.1. The Kier molecular flexibility index (Phi) is 13.5. The first kappa shape index (κ1) is 30.4. The Bertz CT molecular complexity index is 989. The van der Waals surface area contributed by atoms with Gasteiger partial charge in [-0.25, -0.2) is 8.78 Å². The van der Waals surface area contributed by atoms with Gasteiger partial charge >= 0.3 is 0 Å². The van der Waals surface area contributed by atoms with Gasteiger partial charge in [-0.3, -0.25) is 0 Å². The monoisotopic (exact) mass is 711 g/mol. The largest absolute Gasteiger partial charge is 0.324 e. The van der Waals surface area contributed by atoms with E-state index in [2.05, 4.69) is 63.7 Å². The summed E-state index contributed by atoms with van der Waals surface area (Å²) in [6, 6.07) is 15.0. The highest BCUT2D eigenvalue weighted by atomic mass is 79.9. The van der Waals surface area contributed by atoms with Crippen LogP contribution in [0.25, 0.3) is 0 Å². The van der Waals surface area contributed by atoms with E-state index in [0.717, 1.165) is 34.6 Å². The Hall–Kier alpha value is -0.680. The molecule has 0 radical (unpaired) electrons. The van der Waals surface area contributed by atoms with Gasteiger partial charge in [0.2, 0.25) is 0 Å². The van der Waals surface area contributed by atoms with Gasteiger partial charge in [-0.2, -0.15) is 0 Å². The lowest BCUT2D eigenvalue weighted by molar-refractivity contribution is 0.624. The van der Waals surface area contributed by atoms with Gasteiger partial charge in [-0.15, -0.1) is 0 Å². The van der Waals surface area contributed by atoms with Crippen LogP contribution in [0.5, 0.6) is 0 Å². The van der Waals surface area contributed by atoms with E-state index in [1.165, 1.54) is 24.3 Å². The van der Waals surface area contributed by atoms with Crippen molar-refractivity contribution in [1.29, 1.82) is 0 Å². The molecule has 0 aliphatic heterocycles. The van der Waals surface area contributed by atoms with Crippen molar-refractivity contribution in [3.05, 3.63) is 101 Å². The standard InChI is InChI=1S/C8H9Br2N.2C8H9BrFN/c1-5(11)6-2-3-7(9)8(10)4-6;2*1-5(11)7-3-2-6(10)4-8(7)9/h3*2-5H,11H2,1H3. The topological polar surface area (TPSA) is 78.1 Å². The molecule has 180 valence electrons. The molecule has 3 nitrogen and oxygen atoms in total. The lowest BCUT2D eigenvalue weighted by Crippen LogP contribution is -2.05. The van der Waals surface area contributed by atoms with Crippen molar-refractivity contribution in [3.8, 4) is 0 Å². The highest BCUT2D eigenvalue weighted by Crippen LogP contribution is 2.26. The van der Waals surface area contributed by atoms with E-state index >= 15 is 0 Å². The minimum atomic E-state index is -0.249. The van der Waals surface area contributed by atoms with Crippen LogP contribution in [0.2, 0.25) is 0 Å². The molecule has 0 fully saturated rings. The van der Waals surface area contributed by atoms with Gasteiger partial charge in [0.05, 0.1) is 0 Å². The van der Waals surface area contributed by atoms with Gasteiger partial charge in [0.15, 0.2) is 0 Å².